The van der Waals surface area contributed by atoms with Crippen LogP contribution in [0.5, 0.6) is 11.5 Å². The van der Waals surface area contributed by atoms with Gasteiger partial charge >= 0.3 is 7.12 Å². The number of aryl methyl sites for hydroxylation is 1. The van der Waals surface area contributed by atoms with E-state index in [1.165, 1.54) is 0 Å². The van der Waals surface area contributed by atoms with Gasteiger partial charge in [0.1, 0.15) is 18.1 Å². The fraction of sp³-hybridized carbons (Fsp3) is 0.400. The van der Waals surface area contributed by atoms with E-state index in [-0.39, 0.29) is 5.75 Å². The maximum atomic E-state index is 9.59. The largest absolute Gasteiger partial charge is 0.508 e. The van der Waals surface area contributed by atoms with Crippen LogP contribution >= 0.6 is 0 Å². The van der Waals surface area contributed by atoms with Crippen molar-refractivity contribution in [3.63, 3.8) is 0 Å². The Bertz CT molecular complexity index is 754. The average molecular weight is 340 g/mol. The first-order valence-electron chi connectivity index (χ1n) is 8.55. The monoisotopic (exact) mass is 340 g/mol. The summed E-state index contributed by atoms with van der Waals surface area (Å²) in [5.74, 6) is 0.962. The first-order valence-corrected chi connectivity index (χ1v) is 8.55. The van der Waals surface area contributed by atoms with Crippen molar-refractivity contribution in [1.29, 1.82) is 0 Å². The number of phenolic OH excluding ortho intramolecular Hbond substituents is 1. The second kappa shape index (κ2) is 6.39. The first-order chi connectivity index (χ1) is 11.7. The molecule has 0 spiro atoms. The van der Waals surface area contributed by atoms with Crippen LogP contribution in [0.3, 0.4) is 0 Å². The van der Waals surface area contributed by atoms with E-state index >= 15 is 0 Å². The summed E-state index contributed by atoms with van der Waals surface area (Å²) in [5.41, 5.74) is 2.11. The van der Waals surface area contributed by atoms with Crippen LogP contribution in [0.1, 0.15) is 38.8 Å². The summed E-state index contributed by atoms with van der Waals surface area (Å²) < 4.78 is 18.4. The Morgan fingerprint density at radius 3 is 2.32 bits per heavy atom. The molecule has 0 radical (unpaired) electrons. The topological polar surface area (TPSA) is 47.9 Å². The zero-order chi connectivity index (χ0) is 18.2. The van der Waals surface area contributed by atoms with Crippen LogP contribution in [0.4, 0.5) is 0 Å². The normalized spacial score (nSPS) is 18.4. The Morgan fingerprint density at radius 2 is 1.68 bits per heavy atom. The van der Waals surface area contributed by atoms with Gasteiger partial charge in [-0.3, -0.25) is 0 Å². The summed E-state index contributed by atoms with van der Waals surface area (Å²) in [6, 6.07) is 13.1. The van der Waals surface area contributed by atoms with Crippen molar-refractivity contribution in [1.82, 2.24) is 0 Å². The van der Waals surface area contributed by atoms with Crippen LogP contribution in [0.2, 0.25) is 0 Å². The van der Waals surface area contributed by atoms with Gasteiger partial charge in [-0.1, -0.05) is 29.8 Å². The third-order valence-corrected chi connectivity index (χ3v) is 4.98. The molecule has 1 aliphatic rings. The molecule has 2 aromatic carbocycles. The molecule has 5 heteroatoms. The van der Waals surface area contributed by atoms with Crippen LogP contribution in [-0.2, 0) is 15.9 Å². The van der Waals surface area contributed by atoms with Crippen molar-refractivity contribution in [3.8, 4) is 11.5 Å². The van der Waals surface area contributed by atoms with Crippen LogP contribution in [0.25, 0.3) is 0 Å². The van der Waals surface area contributed by atoms with E-state index in [1.807, 2.05) is 58.9 Å². The van der Waals surface area contributed by atoms with E-state index in [1.54, 1.807) is 18.2 Å². The predicted molar refractivity (Wildman–Crippen MR) is 99.3 cm³/mol. The molecule has 1 saturated heterocycles. The van der Waals surface area contributed by atoms with Crippen molar-refractivity contribution in [2.75, 3.05) is 0 Å². The Hall–Kier alpha value is -1.98. The van der Waals surface area contributed by atoms with Gasteiger partial charge in [-0.15, -0.1) is 0 Å². The van der Waals surface area contributed by atoms with Gasteiger partial charge in [-0.25, -0.2) is 0 Å². The molecule has 25 heavy (non-hydrogen) atoms. The molecule has 0 aromatic heterocycles. The quantitative estimate of drug-likeness (QED) is 0.865. The highest BCUT2D eigenvalue weighted by atomic mass is 16.7. The van der Waals surface area contributed by atoms with Crippen LogP contribution in [0, 0.1) is 6.92 Å². The highest BCUT2D eigenvalue weighted by Gasteiger charge is 2.52. The van der Waals surface area contributed by atoms with E-state index in [4.69, 9.17) is 14.0 Å². The fourth-order valence-corrected chi connectivity index (χ4v) is 2.76. The van der Waals surface area contributed by atoms with Crippen molar-refractivity contribution in [2.24, 2.45) is 0 Å². The molecular formula is C20H25BO4. The minimum absolute atomic E-state index is 0.233. The van der Waals surface area contributed by atoms with Gasteiger partial charge in [-0.2, -0.15) is 0 Å². The van der Waals surface area contributed by atoms with Gasteiger partial charge in [0, 0.05) is 5.46 Å². The highest BCUT2D eigenvalue weighted by Crippen LogP contribution is 2.37. The average Bonchev–Trinajstić information content (AvgIpc) is 2.74. The standard InChI is InChI=1S/C20H25BO4/c1-14-9-10-18(23-13-15-7-6-8-16(22)12-15)17(11-14)21-24-19(2,3)20(4,5)25-21/h6-12,22H,13H2,1-5H3. The number of rotatable bonds is 4. The van der Waals surface area contributed by atoms with Crippen molar-refractivity contribution >= 4 is 12.6 Å². The molecule has 0 aliphatic carbocycles. The summed E-state index contributed by atoms with van der Waals surface area (Å²) >= 11 is 0. The van der Waals surface area contributed by atoms with Gasteiger partial charge in [0.25, 0.3) is 0 Å². The zero-order valence-electron chi connectivity index (χ0n) is 15.5. The summed E-state index contributed by atoms with van der Waals surface area (Å²) in [6.07, 6.45) is 0. The minimum atomic E-state index is -0.468. The number of hydrogen-bond donors (Lipinski definition) is 1. The van der Waals surface area contributed by atoms with Gasteiger partial charge in [0.05, 0.1) is 11.2 Å². The molecule has 0 amide bonds. The Balaban J connectivity index is 1.84. The molecule has 3 rings (SSSR count). The van der Waals surface area contributed by atoms with Crippen LogP contribution < -0.4 is 10.2 Å². The maximum Gasteiger partial charge on any atom is 0.498 e. The van der Waals surface area contributed by atoms with Crippen LogP contribution in [0.15, 0.2) is 42.5 Å². The second-order valence-corrected chi connectivity index (χ2v) is 7.59. The predicted octanol–water partition coefficient (Wildman–Crippen LogP) is 3.58. The molecular weight excluding hydrogens is 315 g/mol. The lowest BCUT2D eigenvalue weighted by Gasteiger charge is -2.32. The SMILES string of the molecule is Cc1ccc(OCc2cccc(O)c2)c(B2OC(C)(C)C(C)(C)O2)c1. The molecule has 132 valence electrons. The minimum Gasteiger partial charge on any atom is -0.508 e. The van der Waals surface area contributed by atoms with E-state index in [9.17, 15) is 5.11 Å². The van der Waals surface area contributed by atoms with E-state index in [0.717, 1.165) is 22.3 Å². The van der Waals surface area contributed by atoms with Crippen LogP contribution in [-0.4, -0.2) is 23.4 Å². The molecule has 1 fully saturated rings. The molecule has 0 atom stereocenters. The molecule has 2 aromatic rings. The maximum absolute atomic E-state index is 9.59. The lowest BCUT2D eigenvalue weighted by Crippen LogP contribution is -2.41. The fourth-order valence-electron chi connectivity index (χ4n) is 2.76. The Morgan fingerprint density at radius 1 is 1.00 bits per heavy atom. The number of phenols is 1. The molecule has 1 aliphatic heterocycles. The Labute approximate surface area is 149 Å². The molecule has 0 unspecified atom stereocenters. The summed E-state index contributed by atoms with van der Waals surface area (Å²) in [6.45, 7) is 10.6. The second-order valence-electron chi connectivity index (χ2n) is 7.59. The number of hydrogen-bond acceptors (Lipinski definition) is 4. The van der Waals surface area contributed by atoms with Crippen molar-refractivity contribution < 1.29 is 19.2 Å². The smallest absolute Gasteiger partial charge is 0.498 e. The lowest BCUT2D eigenvalue weighted by molar-refractivity contribution is 0.00578. The van der Waals surface area contributed by atoms with Gasteiger partial charge < -0.3 is 19.2 Å². The van der Waals surface area contributed by atoms with Crippen molar-refractivity contribution in [2.45, 2.75) is 52.4 Å². The van der Waals surface area contributed by atoms with E-state index in [2.05, 4.69) is 0 Å². The summed E-state index contributed by atoms with van der Waals surface area (Å²) in [5, 5.41) is 9.59. The number of ether oxygens (including phenoxy) is 1. The number of aromatic hydroxyl groups is 1. The highest BCUT2D eigenvalue weighted by molar-refractivity contribution is 6.63. The first kappa shape index (κ1) is 17.8. The van der Waals surface area contributed by atoms with Gasteiger partial charge in [-0.05, 0) is 58.4 Å². The third-order valence-electron chi connectivity index (χ3n) is 4.98. The van der Waals surface area contributed by atoms with E-state index < -0.39 is 18.3 Å². The zero-order valence-corrected chi connectivity index (χ0v) is 15.5. The molecule has 1 N–H and O–H groups in total. The molecule has 0 bridgehead atoms. The summed E-state index contributed by atoms with van der Waals surface area (Å²) in [7, 11) is -0.468. The number of benzene rings is 2. The molecule has 4 nitrogen and oxygen atoms in total. The molecule has 0 saturated carbocycles. The van der Waals surface area contributed by atoms with Gasteiger partial charge in [0.15, 0.2) is 0 Å². The Kier molecular flexibility index (Phi) is 4.56. The van der Waals surface area contributed by atoms with E-state index in [0.29, 0.717) is 6.61 Å². The molecule has 1 heterocycles. The van der Waals surface area contributed by atoms with Crippen molar-refractivity contribution in [3.05, 3.63) is 53.6 Å². The van der Waals surface area contributed by atoms with Gasteiger partial charge in [0.2, 0.25) is 0 Å². The third kappa shape index (κ3) is 3.67. The summed E-state index contributed by atoms with van der Waals surface area (Å²) in [4.78, 5) is 0. The lowest BCUT2D eigenvalue weighted by atomic mass is 9.77.